The molecule has 0 N–H and O–H groups in total. The molecule has 1 aliphatic rings. The van der Waals surface area contributed by atoms with Gasteiger partial charge in [-0.1, -0.05) is 30.3 Å². The highest BCUT2D eigenvalue weighted by Crippen LogP contribution is 2.29. The molecule has 1 aromatic heterocycles. The van der Waals surface area contributed by atoms with Crippen molar-refractivity contribution in [3.05, 3.63) is 24.3 Å². The summed E-state index contributed by atoms with van der Waals surface area (Å²) in [6, 6.07) is 8.40. The Hall–Kier alpha value is -0.290. The number of thioether (sulfide) groups is 1. The van der Waals surface area contributed by atoms with Gasteiger partial charge < -0.3 is 17.3 Å². The Labute approximate surface area is 129 Å². The predicted molar refractivity (Wildman–Crippen MR) is 80.6 cm³/mol. The van der Waals surface area contributed by atoms with E-state index in [4.69, 9.17) is 0 Å². The highest BCUT2D eigenvalue weighted by atomic mass is 35.5. The summed E-state index contributed by atoms with van der Waals surface area (Å²) in [6.45, 7) is 3.79. The third-order valence-corrected chi connectivity index (χ3v) is 5.52. The van der Waals surface area contributed by atoms with E-state index in [1.807, 2.05) is 23.1 Å². The monoisotopic (exact) mass is 313 g/mol. The van der Waals surface area contributed by atoms with Gasteiger partial charge in [0.15, 0.2) is 4.34 Å². The van der Waals surface area contributed by atoms with Gasteiger partial charge in [0, 0.05) is 12.3 Å². The molecule has 2 nitrogen and oxygen atoms in total. The van der Waals surface area contributed by atoms with Crippen molar-refractivity contribution in [3.63, 3.8) is 0 Å². The molecule has 0 atom stereocenters. The van der Waals surface area contributed by atoms with E-state index in [-0.39, 0.29) is 12.4 Å². The summed E-state index contributed by atoms with van der Waals surface area (Å²) in [5, 5.41) is 0. The van der Waals surface area contributed by atoms with Crippen LogP contribution in [0.3, 0.4) is 0 Å². The van der Waals surface area contributed by atoms with Gasteiger partial charge in [-0.05, 0) is 38.1 Å². The summed E-state index contributed by atoms with van der Waals surface area (Å²) < 4.78 is 2.52. The third-order valence-electron chi connectivity index (χ3n) is 3.36. The summed E-state index contributed by atoms with van der Waals surface area (Å²) in [4.78, 5) is 7.25. The zero-order valence-electron chi connectivity index (χ0n) is 10.8. The van der Waals surface area contributed by atoms with Gasteiger partial charge in [-0.3, -0.25) is 0 Å². The van der Waals surface area contributed by atoms with Crippen LogP contribution in [0.15, 0.2) is 28.6 Å². The fraction of sp³-hybridized carbons (Fsp3) is 0.500. The minimum atomic E-state index is 0. The van der Waals surface area contributed by atoms with E-state index in [0.717, 1.165) is 5.52 Å². The zero-order valence-corrected chi connectivity index (χ0v) is 13.2. The van der Waals surface area contributed by atoms with E-state index in [9.17, 15) is 0 Å². The minimum absolute atomic E-state index is 0. The molecule has 104 valence electrons. The largest absolute Gasteiger partial charge is 1.00 e. The van der Waals surface area contributed by atoms with Crippen molar-refractivity contribution in [3.8, 4) is 0 Å². The number of hydrogen-bond donors (Lipinski definition) is 0. The number of rotatable bonds is 4. The molecule has 1 fully saturated rings. The van der Waals surface area contributed by atoms with E-state index >= 15 is 0 Å². The molecule has 19 heavy (non-hydrogen) atoms. The lowest BCUT2D eigenvalue weighted by molar-refractivity contribution is -0.00000356. The van der Waals surface area contributed by atoms with Crippen LogP contribution in [0.1, 0.15) is 19.3 Å². The Morgan fingerprint density at radius 1 is 1.16 bits per heavy atom. The number of para-hydroxylation sites is 1. The van der Waals surface area contributed by atoms with E-state index < -0.39 is 0 Å². The number of aromatic nitrogens is 1. The van der Waals surface area contributed by atoms with Gasteiger partial charge in [-0.25, -0.2) is 4.98 Å². The third kappa shape index (κ3) is 4.09. The fourth-order valence-electron chi connectivity index (χ4n) is 2.36. The maximum atomic E-state index is 4.66. The molecule has 1 saturated heterocycles. The molecule has 0 aliphatic carbocycles. The van der Waals surface area contributed by atoms with E-state index in [0.29, 0.717) is 0 Å². The lowest BCUT2D eigenvalue weighted by atomic mass is 10.1. The van der Waals surface area contributed by atoms with Crippen molar-refractivity contribution in [1.29, 1.82) is 0 Å². The van der Waals surface area contributed by atoms with Crippen LogP contribution in [0.5, 0.6) is 0 Å². The van der Waals surface area contributed by atoms with Gasteiger partial charge in [-0.2, -0.15) is 0 Å². The van der Waals surface area contributed by atoms with Crippen molar-refractivity contribution >= 4 is 33.3 Å². The first kappa shape index (κ1) is 15.1. The number of benzene rings is 1. The smallest absolute Gasteiger partial charge is 0.151 e. The van der Waals surface area contributed by atoms with Crippen LogP contribution in [-0.2, 0) is 0 Å². The Balaban J connectivity index is 0.00000133. The first-order chi connectivity index (χ1) is 8.92. The molecule has 0 unspecified atom stereocenters. The van der Waals surface area contributed by atoms with Gasteiger partial charge in [-0.15, -0.1) is 11.3 Å². The van der Waals surface area contributed by atoms with E-state index in [1.54, 1.807) is 0 Å². The van der Waals surface area contributed by atoms with Gasteiger partial charge in [0.1, 0.15) is 0 Å². The van der Waals surface area contributed by atoms with Crippen LogP contribution in [0, 0.1) is 0 Å². The van der Waals surface area contributed by atoms with Crippen LogP contribution < -0.4 is 12.4 Å². The zero-order chi connectivity index (χ0) is 12.2. The Morgan fingerprint density at radius 2 is 1.95 bits per heavy atom. The molecular weight excluding hydrogens is 296 g/mol. The number of halogens is 1. The number of hydrogen-bond acceptors (Lipinski definition) is 4. The van der Waals surface area contributed by atoms with Crippen molar-refractivity contribution in [2.24, 2.45) is 0 Å². The van der Waals surface area contributed by atoms with E-state index in [1.165, 1.54) is 53.7 Å². The summed E-state index contributed by atoms with van der Waals surface area (Å²) in [5.41, 5.74) is 1.14. The normalized spacial score (nSPS) is 16.4. The quantitative estimate of drug-likeness (QED) is 0.780. The number of likely N-dealkylation sites (tertiary alicyclic amines) is 1. The topological polar surface area (TPSA) is 16.1 Å². The van der Waals surface area contributed by atoms with Crippen LogP contribution in [-0.4, -0.2) is 35.3 Å². The van der Waals surface area contributed by atoms with Crippen molar-refractivity contribution < 1.29 is 12.4 Å². The minimum Gasteiger partial charge on any atom is -1.00 e. The average molecular weight is 314 g/mol. The molecule has 1 aromatic carbocycles. The average Bonchev–Trinajstić information content (AvgIpc) is 2.82. The molecule has 2 heterocycles. The second-order valence-corrected chi connectivity index (χ2v) is 7.07. The van der Waals surface area contributed by atoms with Crippen molar-refractivity contribution in [2.45, 2.75) is 23.6 Å². The SMILES string of the molecule is [Cl-].c1ccc2sc(SCCN3CCCCC3)nc2c1. The second-order valence-electron chi connectivity index (χ2n) is 4.70. The summed E-state index contributed by atoms with van der Waals surface area (Å²) in [5.74, 6) is 1.17. The lowest BCUT2D eigenvalue weighted by Gasteiger charge is -2.25. The molecule has 5 heteroatoms. The Kier molecular flexibility index (Phi) is 5.95. The Morgan fingerprint density at radius 3 is 2.74 bits per heavy atom. The number of fused-ring (bicyclic) bond motifs is 1. The maximum absolute atomic E-state index is 4.66. The Bertz CT molecular complexity index is 476. The highest BCUT2D eigenvalue weighted by molar-refractivity contribution is 8.01. The molecule has 0 amide bonds. The van der Waals surface area contributed by atoms with Gasteiger partial charge in [0.05, 0.1) is 10.2 Å². The van der Waals surface area contributed by atoms with Crippen LogP contribution in [0.4, 0.5) is 0 Å². The molecule has 0 spiro atoms. The second kappa shape index (κ2) is 7.48. The molecule has 0 saturated carbocycles. The van der Waals surface area contributed by atoms with Crippen LogP contribution in [0.25, 0.3) is 10.2 Å². The first-order valence-corrected chi connectivity index (χ1v) is 8.43. The van der Waals surface area contributed by atoms with Gasteiger partial charge in [0.2, 0.25) is 0 Å². The number of nitrogens with zero attached hydrogens (tertiary/aromatic N) is 2. The summed E-state index contributed by atoms with van der Waals surface area (Å²) >= 11 is 3.72. The van der Waals surface area contributed by atoms with Crippen LogP contribution in [0.2, 0.25) is 0 Å². The van der Waals surface area contributed by atoms with E-state index in [2.05, 4.69) is 34.1 Å². The number of piperidine rings is 1. The maximum Gasteiger partial charge on any atom is 0.151 e. The first-order valence-electron chi connectivity index (χ1n) is 6.62. The highest BCUT2D eigenvalue weighted by Gasteiger charge is 2.10. The standard InChI is InChI=1S/C14H18N2S2.ClH/c1-4-8-16(9-5-1)10-11-17-14-15-12-6-2-3-7-13(12)18-14;/h2-3,6-7H,1,4-5,8-11H2;1H/p-1. The van der Waals surface area contributed by atoms with Crippen molar-refractivity contribution in [2.75, 3.05) is 25.4 Å². The lowest BCUT2D eigenvalue weighted by Crippen LogP contribution is -3.00. The summed E-state index contributed by atoms with van der Waals surface area (Å²) in [7, 11) is 0. The van der Waals surface area contributed by atoms with Crippen molar-refractivity contribution in [1.82, 2.24) is 9.88 Å². The molecule has 2 aromatic rings. The van der Waals surface area contributed by atoms with Crippen LogP contribution >= 0.6 is 23.1 Å². The molecular formula is C14H18ClN2S2-. The van der Waals surface area contributed by atoms with Gasteiger partial charge >= 0.3 is 0 Å². The molecule has 3 rings (SSSR count). The number of thiazole rings is 1. The molecule has 0 radical (unpaired) electrons. The van der Waals surface area contributed by atoms with Gasteiger partial charge in [0.25, 0.3) is 0 Å². The molecule has 1 aliphatic heterocycles. The summed E-state index contributed by atoms with van der Waals surface area (Å²) in [6.07, 6.45) is 4.18. The predicted octanol–water partition coefficient (Wildman–Crippen LogP) is 0.878. The fourth-order valence-corrected chi connectivity index (χ4v) is 4.50. The molecule has 0 bridgehead atoms.